The van der Waals surface area contributed by atoms with E-state index in [0.29, 0.717) is 25.0 Å². The normalized spacial score (nSPS) is 29.3. The van der Waals surface area contributed by atoms with E-state index in [1.807, 2.05) is 4.90 Å². The minimum atomic E-state index is -0.773. The number of hydrogen-bond donors (Lipinski definition) is 1. The molecule has 0 aromatic heterocycles. The fourth-order valence-corrected chi connectivity index (χ4v) is 2.85. The molecule has 0 aliphatic carbocycles. The molecule has 0 saturated carbocycles. The largest absolute Gasteiger partial charge is 0.481 e. The third-order valence-electron chi connectivity index (χ3n) is 3.72. The maximum absolute atomic E-state index is 12.1. The van der Waals surface area contributed by atoms with Gasteiger partial charge in [0.1, 0.15) is 0 Å². The molecule has 0 spiro atoms. The molecule has 2 fully saturated rings. The van der Waals surface area contributed by atoms with Gasteiger partial charge in [0.25, 0.3) is 0 Å². The Balaban J connectivity index is 1.81. The summed E-state index contributed by atoms with van der Waals surface area (Å²) < 4.78 is 0. The number of urea groups is 1. The van der Waals surface area contributed by atoms with Crippen molar-refractivity contribution in [3.05, 3.63) is 0 Å². The highest BCUT2D eigenvalue weighted by atomic mass is 16.4. The topological polar surface area (TPSA) is 60.9 Å². The minimum absolute atomic E-state index is 0.0866. The van der Waals surface area contributed by atoms with E-state index in [0.717, 1.165) is 13.0 Å². The van der Waals surface area contributed by atoms with Gasteiger partial charge in [0.2, 0.25) is 0 Å². The summed E-state index contributed by atoms with van der Waals surface area (Å²) in [6.45, 7) is 6.27. The SMILES string of the molecule is CC1CC(C)N(C(=O)N2CC(CC(=O)O)C2)C1. The number of carboxylic acids is 1. The molecule has 2 atom stereocenters. The zero-order valence-corrected chi connectivity index (χ0v) is 10.4. The van der Waals surface area contributed by atoms with Gasteiger partial charge < -0.3 is 14.9 Å². The molecule has 2 aliphatic heterocycles. The quantitative estimate of drug-likeness (QED) is 0.790. The monoisotopic (exact) mass is 240 g/mol. The number of amides is 2. The maximum Gasteiger partial charge on any atom is 0.320 e. The number of aliphatic carboxylic acids is 1. The molecule has 2 saturated heterocycles. The summed E-state index contributed by atoms with van der Waals surface area (Å²) in [6, 6.07) is 0.402. The molecule has 1 N–H and O–H groups in total. The number of rotatable bonds is 2. The first-order valence-electron chi connectivity index (χ1n) is 6.24. The van der Waals surface area contributed by atoms with Crippen LogP contribution in [0.15, 0.2) is 0 Å². The van der Waals surface area contributed by atoms with Crippen molar-refractivity contribution in [3.63, 3.8) is 0 Å². The van der Waals surface area contributed by atoms with Crippen LogP contribution in [0, 0.1) is 11.8 Å². The average molecular weight is 240 g/mol. The molecule has 5 nitrogen and oxygen atoms in total. The van der Waals surface area contributed by atoms with Crippen molar-refractivity contribution in [3.8, 4) is 0 Å². The minimum Gasteiger partial charge on any atom is -0.481 e. The molecular weight excluding hydrogens is 220 g/mol. The molecule has 0 aromatic rings. The van der Waals surface area contributed by atoms with Gasteiger partial charge in [0.05, 0.1) is 6.42 Å². The molecular formula is C12H20N2O3. The van der Waals surface area contributed by atoms with Crippen LogP contribution in [-0.2, 0) is 4.79 Å². The van der Waals surface area contributed by atoms with Crippen LogP contribution in [0.4, 0.5) is 4.79 Å². The molecule has 2 heterocycles. The molecule has 2 aliphatic rings. The van der Waals surface area contributed by atoms with Crippen LogP contribution in [0.1, 0.15) is 26.7 Å². The van der Waals surface area contributed by atoms with Gasteiger partial charge in [-0.05, 0) is 19.3 Å². The van der Waals surface area contributed by atoms with Crippen molar-refractivity contribution in [2.45, 2.75) is 32.7 Å². The molecule has 0 aromatic carbocycles. The third kappa shape index (κ3) is 2.53. The zero-order chi connectivity index (χ0) is 12.6. The van der Waals surface area contributed by atoms with Gasteiger partial charge in [-0.2, -0.15) is 0 Å². The molecule has 5 heteroatoms. The molecule has 96 valence electrons. The summed E-state index contributed by atoms with van der Waals surface area (Å²) in [6.07, 6.45) is 1.24. The van der Waals surface area contributed by atoms with Gasteiger partial charge >= 0.3 is 12.0 Å². The number of hydrogen-bond acceptors (Lipinski definition) is 2. The van der Waals surface area contributed by atoms with E-state index in [2.05, 4.69) is 13.8 Å². The average Bonchev–Trinajstić information content (AvgIpc) is 2.49. The van der Waals surface area contributed by atoms with E-state index < -0.39 is 5.97 Å². The van der Waals surface area contributed by atoms with Crippen molar-refractivity contribution >= 4 is 12.0 Å². The number of carboxylic acid groups (broad SMARTS) is 1. The molecule has 2 rings (SSSR count). The van der Waals surface area contributed by atoms with Crippen molar-refractivity contribution in [2.75, 3.05) is 19.6 Å². The van der Waals surface area contributed by atoms with Crippen LogP contribution in [0.25, 0.3) is 0 Å². The predicted octanol–water partition coefficient (Wildman–Crippen LogP) is 1.24. The van der Waals surface area contributed by atoms with Gasteiger partial charge in [0, 0.05) is 31.6 Å². The van der Waals surface area contributed by atoms with Crippen LogP contribution >= 0.6 is 0 Å². The lowest BCUT2D eigenvalue weighted by Crippen LogP contribution is -2.55. The Labute approximate surface area is 101 Å². The Morgan fingerprint density at radius 1 is 1.24 bits per heavy atom. The Bertz CT molecular complexity index is 326. The Morgan fingerprint density at radius 3 is 2.35 bits per heavy atom. The number of likely N-dealkylation sites (tertiary alicyclic amines) is 2. The lowest BCUT2D eigenvalue weighted by atomic mass is 9.97. The smallest absolute Gasteiger partial charge is 0.320 e. The number of carbonyl (C=O) groups is 2. The van der Waals surface area contributed by atoms with Crippen LogP contribution in [0.3, 0.4) is 0 Å². The van der Waals surface area contributed by atoms with E-state index in [9.17, 15) is 9.59 Å². The van der Waals surface area contributed by atoms with Crippen LogP contribution < -0.4 is 0 Å². The predicted molar refractivity (Wildman–Crippen MR) is 62.7 cm³/mol. The van der Waals surface area contributed by atoms with E-state index >= 15 is 0 Å². The van der Waals surface area contributed by atoms with Crippen LogP contribution in [-0.4, -0.2) is 52.6 Å². The molecule has 0 radical (unpaired) electrons. The summed E-state index contributed by atoms with van der Waals surface area (Å²) in [5.74, 6) is -0.0536. The second kappa shape index (κ2) is 4.55. The first-order valence-corrected chi connectivity index (χ1v) is 6.24. The highest BCUT2D eigenvalue weighted by Gasteiger charge is 2.38. The van der Waals surface area contributed by atoms with Gasteiger partial charge in [-0.1, -0.05) is 6.92 Å². The van der Waals surface area contributed by atoms with E-state index in [1.165, 1.54) is 0 Å². The van der Waals surface area contributed by atoms with Gasteiger partial charge in [-0.25, -0.2) is 4.79 Å². The summed E-state index contributed by atoms with van der Waals surface area (Å²) in [5, 5.41) is 8.65. The van der Waals surface area contributed by atoms with Crippen molar-refractivity contribution in [2.24, 2.45) is 11.8 Å². The summed E-state index contributed by atoms with van der Waals surface area (Å²) in [5.41, 5.74) is 0. The Hall–Kier alpha value is -1.26. The summed E-state index contributed by atoms with van der Waals surface area (Å²) >= 11 is 0. The van der Waals surface area contributed by atoms with E-state index in [1.54, 1.807) is 4.90 Å². The summed E-state index contributed by atoms with van der Waals surface area (Å²) in [7, 11) is 0. The van der Waals surface area contributed by atoms with E-state index in [-0.39, 0.29) is 18.4 Å². The van der Waals surface area contributed by atoms with Crippen molar-refractivity contribution < 1.29 is 14.7 Å². The maximum atomic E-state index is 12.1. The second-order valence-electron chi connectivity index (χ2n) is 5.49. The second-order valence-corrected chi connectivity index (χ2v) is 5.49. The van der Waals surface area contributed by atoms with Crippen LogP contribution in [0.5, 0.6) is 0 Å². The van der Waals surface area contributed by atoms with Crippen molar-refractivity contribution in [1.29, 1.82) is 0 Å². The first-order chi connectivity index (χ1) is 7.97. The molecule has 2 unspecified atom stereocenters. The lowest BCUT2D eigenvalue weighted by Gasteiger charge is -2.41. The molecule has 17 heavy (non-hydrogen) atoms. The van der Waals surface area contributed by atoms with E-state index in [4.69, 9.17) is 5.11 Å². The summed E-state index contributed by atoms with van der Waals surface area (Å²) in [4.78, 5) is 26.3. The zero-order valence-electron chi connectivity index (χ0n) is 10.4. The fourth-order valence-electron chi connectivity index (χ4n) is 2.85. The highest BCUT2D eigenvalue weighted by Crippen LogP contribution is 2.27. The van der Waals surface area contributed by atoms with Gasteiger partial charge in [-0.3, -0.25) is 4.79 Å². The first kappa shape index (κ1) is 12.2. The standard InChI is InChI=1S/C12H20N2O3/c1-8-3-9(2)14(5-8)12(17)13-6-10(7-13)4-11(15)16/h8-10H,3-7H2,1-2H3,(H,15,16). The third-order valence-corrected chi connectivity index (χ3v) is 3.72. The highest BCUT2D eigenvalue weighted by molar-refractivity contribution is 5.76. The Morgan fingerprint density at radius 2 is 1.88 bits per heavy atom. The van der Waals surface area contributed by atoms with Crippen molar-refractivity contribution in [1.82, 2.24) is 9.80 Å². The fraction of sp³-hybridized carbons (Fsp3) is 0.833. The number of carbonyl (C=O) groups excluding carboxylic acids is 1. The molecule has 0 bridgehead atoms. The van der Waals surface area contributed by atoms with Gasteiger partial charge in [0.15, 0.2) is 0 Å². The number of nitrogens with zero attached hydrogens (tertiary/aromatic N) is 2. The molecule has 2 amide bonds. The van der Waals surface area contributed by atoms with Crippen LogP contribution in [0.2, 0.25) is 0 Å². The Kier molecular flexibility index (Phi) is 3.26. The van der Waals surface area contributed by atoms with Gasteiger partial charge in [-0.15, -0.1) is 0 Å². The lowest BCUT2D eigenvalue weighted by molar-refractivity contribution is -0.139.